The minimum absolute atomic E-state index is 0.335. The first kappa shape index (κ1) is 13.5. The van der Waals surface area contributed by atoms with Crippen LogP contribution >= 0.6 is 11.3 Å². The van der Waals surface area contributed by atoms with E-state index in [0.717, 1.165) is 16.3 Å². The first-order valence-electron chi connectivity index (χ1n) is 5.93. The molecular formula is C14H15NO3S. The molecule has 0 fully saturated rings. The van der Waals surface area contributed by atoms with Crippen LogP contribution in [0.1, 0.15) is 22.3 Å². The zero-order chi connectivity index (χ0) is 13.8. The molecule has 19 heavy (non-hydrogen) atoms. The van der Waals surface area contributed by atoms with Crippen molar-refractivity contribution in [1.82, 2.24) is 4.98 Å². The fraction of sp³-hybridized carbons (Fsp3) is 0.286. The molecule has 5 heteroatoms. The van der Waals surface area contributed by atoms with Crippen molar-refractivity contribution in [3.8, 4) is 17.0 Å². The van der Waals surface area contributed by atoms with E-state index in [0.29, 0.717) is 17.9 Å². The van der Waals surface area contributed by atoms with Gasteiger partial charge in [-0.2, -0.15) is 0 Å². The number of benzene rings is 1. The van der Waals surface area contributed by atoms with E-state index < -0.39 is 0 Å². The van der Waals surface area contributed by atoms with Gasteiger partial charge in [-0.25, -0.2) is 9.78 Å². The highest BCUT2D eigenvalue weighted by atomic mass is 32.1. The molecule has 0 aliphatic carbocycles. The first-order valence-corrected chi connectivity index (χ1v) is 6.81. The number of methoxy groups -OCH3 is 1. The van der Waals surface area contributed by atoms with Crippen LogP contribution < -0.4 is 4.74 Å². The molecule has 0 aliphatic heterocycles. The number of thiazole rings is 1. The lowest BCUT2D eigenvalue weighted by molar-refractivity contribution is 0.0523. The van der Waals surface area contributed by atoms with Gasteiger partial charge in [0.25, 0.3) is 0 Å². The SMILES string of the molecule is CCOC(=O)c1cc(-c2csc(C)n2)ccc1OC. The largest absolute Gasteiger partial charge is 0.496 e. The van der Waals surface area contributed by atoms with Crippen molar-refractivity contribution in [2.45, 2.75) is 13.8 Å². The Bertz CT molecular complexity index is 592. The summed E-state index contributed by atoms with van der Waals surface area (Å²) in [5, 5.41) is 2.95. The van der Waals surface area contributed by atoms with Crippen molar-refractivity contribution in [3.05, 3.63) is 34.2 Å². The molecule has 1 aromatic heterocycles. The monoisotopic (exact) mass is 277 g/mol. The maximum Gasteiger partial charge on any atom is 0.341 e. The van der Waals surface area contributed by atoms with E-state index in [2.05, 4.69) is 4.98 Å². The van der Waals surface area contributed by atoms with Gasteiger partial charge in [0.05, 0.1) is 24.4 Å². The van der Waals surface area contributed by atoms with Crippen LogP contribution in [0.25, 0.3) is 11.3 Å². The van der Waals surface area contributed by atoms with Crippen molar-refractivity contribution in [1.29, 1.82) is 0 Å². The van der Waals surface area contributed by atoms with Crippen molar-refractivity contribution < 1.29 is 14.3 Å². The van der Waals surface area contributed by atoms with E-state index in [1.165, 1.54) is 7.11 Å². The number of carbonyl (C=O) groups is 1. The van der Waals surface area contributed by atoms with Crippen LogP contribution in [0, 0.1) is 6.92 Å². The van der Waals surface area contributed by atoms with Gasteiger partial charge in [0, 0.05) is 10.9 Å². The molecule has 2 rings (SSSR count). The molecule has 0 unspecified atom stereocenters. The Labute approximate surface area is 116 Å². The second kappa shape index (κ2) is 5.84. The maximum absolute atomic E-state index is 11.9. The third kappa shape index (κ3) is 2.93. The van der Waals surface area contributed by atoms with Crippen LogP contribution in [0.5, 0.6) is 5.75 Å². The van der Waals surface area contributed by atoms with Gasteiger partial charge in [-0.15, -0.1) is 11.3 Å². The van der Waals surface area contributed by atoms with Crippen LogP contribution in [0.2, 0.25) is 0 Å². The number of esters is 1. The molecule has 0 aliphatic rings. The summed E-state index contributed by atoms with van der Waals surface area (Å²) in [4.78, 5) is 16.3. The molecule has 100 valence electrons. The van der Waals surface area contributed by atoms with Gasteiger partial charge in [0.15, 0.2) is 0 Å². The minimum atomic E-state index is -0.381. The maximum atomic E-state index is 11.9. The summed E-state index contributed by atoms with van der Waals surface area (Å²) in [6.07, 6.45) is 0. The molecule has 2 aromatic rings. The van der Waals surface area contributed by atoms with Gasteiger partial charge in [-0.05, 0) is 32.0 Å². The number of rotatable bonds is 4. The lowest BCUT2D eigenvalue weighted by Gasteiger charge is -2.09. The molecular weight excluding hydrogens is 262 g/mol. The summed E-state index contributed by atoms with van der Waals surface area (Å²) in [7, 11) is 1.53. The zero-order valence-electron chi connectivity index (χ0n) is 11.1. The summed E-state index contributed by atoms with van der Waals surface area (Å²) in [6.45, 7) is 4.06. The van der Waals surface area contributed by atoms with Crippen LogP contribution in [-0.2, 0) is 4.74 Å². The summed E-state index contributed by atoms with van der Waals surface area (Å²) in [5.41, 5.74) is 2.16. The van der Waals surface area contributed by atoms with Crippen LogP contribution in [0.3, 0.4) is 0 Å². The summed E-state index contributed by atoms with van der Waals surface area (Å²) < 4.78 is 10.2. The van der Waals surface area contributed by atoms with Crippen LogP contribution in [0.4, 0.5) is 0 Å². The van der Waals surface area contributed by atoms with Crippen LogP contribution in [-0.4, -0.2) is 24.7 Å². The quantitative estimate of drug-likeness (QED) is 0.804. The Morgan fingerprint density at radius 2 is 2.21 bits per heavy atom. The second-order valence-corrected chi connectivity index (χ2v) is 4.95. The Morgan fingerprint density at radius 1 is 1.42 bits per heavy atom. The van der Waals surface area contributed by atoms with Gasteiger partial charge < -0.3 is 9.47 Å². The third-order valence-corrected chi connectivity index (χ3v) is 3.38. The van der Waals surface area contributed by atoms with Gasteiger partial charge in [0.1, 0.15) is 11.3 Å². The van der Waals surface area contributed by atoms with Gasteiger partial charge in [-0.3, -0.25) is 0 Å². The number of hydrogen-bond donors (Lipinski definition) is 0. The normalized spacial score (nSPS) is 10.3. The van der Waals surface area contributed by atoms with E-state index in [1.807, 2.05) is 18.4 Å². The number of hydrogen-bond acceptors (Lipinski definition) is 5. The Morgan fingerprint density at radius 3 is 2.79 bits per heavy atom. The standard InChI is InChI=1S/C14H15NO3S/c1-4-18-14(16)11-7-10(5-6-13(11)17-3)12-8-19-9(2)15-12/h5-8H,4H2,1-3H3. The number of nitrogens with zero attached hydrogens (tertiary/aromatic N) is 1. The first-order chi connectivity index (χ1) is 9.15. The van der Waals surface area contributed by atoms with Gasteiger partial charge >= 0.3 is 5.97 Å². The summed E-state index contributed by atoms with van der Waals surface area (Å²) in [5.74, 6) is 0.127. The van der Waals surface area contributed by atoms with E-state index in [1.54, 1.807) is 30.4 Å². The van der Waals surface area contributed by atoms with E-state index in [9.17, 15) is 4.79 Å². The minimum Gasteiger partial charge on any atom is -0.496 e. The van der Waals surface area contributed by atoms with Crippen molar-refractivity contribution in [2.75, 3.05) is 13.7 Å². The average molecular weight is 277 g/mol. The number of aromatic nitrogens is 1. The molecule has 4 nitrogen and oxygen atoms in total. The predicted octanol–water partition coefficient (Wildman–Crippen LogP) is 3.30. The molecule has 1 aromatic carbocycles. The van der Waals surface area contributed by atoms with Gasteiger partial charge in [0.2, 0.25) is 0 Å². The lowest BCUT2D eigenvalue weighted by atomic mass is 10.1. The highest BCUT2D eigenvalue weighted by molar-refractivity contribution is 7.09. The molecule has 0 saturated heterocycles. The van der Waals surface area contributed by atoms with Crippen molar-refractivity contribution in [2.24, 2.45) is 0 Å². The van der Waals surface area contributed by atoms with E-state index in [4.69, 9.17) is 9.47 Å². The lowest BCUT2D eigenvalue weighted by Crippen LogP contribution is -2.07. The predicted molar refractivity (Wildman–Crippen MR) is 74.8 cm³/mol. The summed E-state index contributed by atoms with van der Waals surface area (Å²) in [6, 6.07) is 5.40. The average Bonchev–Trinajstić information content (AvgIpc) is 2.85. The molecule has 0 atom stereocenters. The molecule has 0 radical (unpaired) electrons. The second-order valence-electron chi connectivity index (χ2n) is 3.89. The fourth-order valence-corrected chi connectivity index (χ4v) is 2.35. The molecule has 0 spiro atoms. The number of ether oxygens (including phenoxy) is 2. The number of carbonyl (C=O) groups excluding carboxylic acids is 1. The number of aryl methyl sites for hydroxylation is 1. The zero-order valence-corrected chi connectivity index (χ0v) is 11.9. The Hall–Kier alpha value is -1.88. The molecule has 1 heterocycles. The van der Waals surface area contributed by atoms with Crippen molar-refractivity contribution >= 4 is 17.3 Å². The van der Waals surface area contributed by atoms with E-state index in [-0.39, 0.29) is 5.97 Å². The molecule has 0 N–H and O–H groups in total. The van der Waals surface area contributed by atoms with Crippen LogP contribution in [0.15, 0.2) is 23.6 Å². The Balaban J connectivity index is 2.43. The smallest absolute Gasteiger partial charge is 0.341 e. The fourth-order valence-electron chi connectivity index (χ4n) is 1.73. The molecule has 0 saturated carbocycles. The molecule has 0 bridgehead atoms. The third-order valence-electron chi connectivity index (χ3n) is 2.61. The summed E-state index contributed by atoms with van der Waals surface area (Å²) >= 11 is 1.58. The Kier molecular flexibility index (Phi) is 4.16. The van der Waals surface area contributed by atoms with E-state index >= 15 is 0 Å². The molecule has 0 amide bonds. The highest BCUT2D eigenvalue weighted by Gasteiger charge is 2.15. The van der Waals surface area contributed by atoms with Gasteiger partial charge in [-0.1, -0.05) is 0 Å². The highest BCUT2D eigenvalue weighted by Crippen LogP contribution is 2.28. The topological polar surface area (TPSA) is 48.4 Å². The van der Waals surface area contributed by atoms with Crippen molar-refractivity contribution in [3.63, 3.8) is 0 Å².